The molecule has 0 fully saturated rings. The van der Waals surface area contributed by atoms with E-state index in [4.69, 9.17) is 4.42 Å². The van der Waals surface area contributed by atoms with Crippen LogP contribution < -0.4 is 4.72 Å². The fraction of sp³-hybridized carbons (Fsp3) is 0.600. The largest absolute Gasteiger partial charge is 0.467 e. The van der Waals surface area contributed by atoms with Crippen molar-refractivity contribution in [1.29, 1.82) is 0 Å². The second-order valence-electron chi connectivity index (χ2n) is 4.05. The summed E-state index contributed by atoms with van der Waals surface area (Å²) in [5.41, 5.74) is 0. The van der Waals surface area contributed by atoms with Gasteiger partial charge < -0.3 is 9.52 Å². The van der Waals surface area contributed by atoms with E-state index in [2.05, 4.69) is 4.72 Å². The van der Waals surface area contributed by atoms with Crippen molar-refractivity contribution < 1.29 is 17.9 Å². The highest BCUT2D eigenvalue weighted by Gasteiger charge is 2.16. The first-order valence-corrected chi connectivity index (χ1v) is 6.75. The van der Waals surface area contributed by atoms with Gasteiger partial charge in [-0.2, -0.15) is 0 Å². The van der Waals surface area contributed by atoms with Crippen LogP contribution in [0.1, 0.15) is 25.7 Å². The maximum Gasteiger partial charge on any atom is 0.211 e. The van der Waals surface area contributed by atoms with Crippen molar-refractivity contribution >= 4 is 10.0 Å². The van der Waals surface area contributed by atoms with E-state index in [1.807, 2.05) is 13.8 Å². The molecule has 1 unspecified atom stereocenters. The van der Waals surface area contributed by atoms with E-state index in [0.717, 1.165) is 0 Å². The van der Waals surface area contributed by atoms with Gasteiger partial charge in [-0.1, -0.05) is 13.8 Å². The lowest BCUT2D eigenvalue weighted by Gasteiger charge is -2.11. The first-order valence-electron chi connectivity index (χ1n) is 5.09. The van der Waals surface area contributed by atoms with E-state index in [-0.39, 0.29) is 18.2 Å². The molecule has 1 rings (SSSR count). The molecule has 92 valence electrons. The summed E-state index contributed by atoms with van der Waals surface area (Å²) in [5, 5.41) is 9.59. The number of sulfonamides is 1. The summed E-state index contributed by atoms with van der Waals surface area (Å²) in [5.74, 6) is 0.461. The van der Waals surface area contributed by atoms with Gasteiger partial charge in [-0.05, 0) is 18.1 Å². The van der Waals surface area contributed by atoms with Crippen molar-refractivity contribution in [3.05, 3.63) is 24.2 Å². The Morgan fingerprint density at radius 2 is 2.19 bits per heavy atom. The lowest BCUT2D eigenvalue weighted by Crippen LogP contribution is -2.32. The van der Waals surface area contributed by atoms with E-state index in [9.17, 15) is 13.5 Å². The number of aliphatic hydroxyl groups excluding tert-OH is 1. The molecule has 0 saturated heterocycles. The zero-order valence-corrected chi connectivity index (χ0v) is 10.2. The van der Waals surface area contributed by atoms with Crippen LogP contribution in [-0.4, -0.2) is 25.8 Å². The van der Waals surface area contributed by atoms with Crippen molar-refractivity contribution in [2.45, 2.75) is 20.0 Å². The van der Waals surface area contributed by atoms with Gasteiger partial charge in [0.15, 0.2) is 0 Å². The van der Waals surface area contributed by atoms with Crippen molar-refractivity contribution in [3.8, 4) is 0 Å². The molecular formula is C10H17NO4S. The fourth-order valence-corrected chi connectivity index (χ4v) is 2.69. The Morgan fingerprint density at radius 1 is 1.50 bits per heavy atom. The smallest absolute Gasteiger partial charge is 0.211 e. The number of aliphatic hydroxyl groups is 1. The Morgan fingerprint density at radius 3 is 2.69 bits per heavy atom. The number of furan rings is 1. The molecular weight excluding hydrogens is 230 g/mol. The fourth-order valence-electron chi connectivity index (χ4n) is 1.29. The molecule has 0 amide bonds. The third-order valence-electron chi connectivity index (χ3n) is 1.92. The lowest BCUT2D eigenvalue weighted by molar-refractivity contribution is 0.154. The first-order chi connectivity index (χ1) is 7.41. The van der Waals surface area contributed by atoms with Gasteiger partial charge in [-0.15, -0.1) is 0 Å². The molecule has 0 aliphatic carbocycles. The first kappa shape index (κ1) is 13.2. The number of hydrogen-bond acceptors (Lipinski definition) is 4. The molecule has 0 aromatic carbocycles. The van der Waals surface area contributed by atoms with E-state index < -0.39 is 16.1 Å². The summed E-state index contributed by atoms with van der Waals surface area (Å²) in [6.45, 7) is 3.58. The van der Waals surface area contributed by atoms with Gasteiger partial charge in [0.1, 0.15) is 11.9 Å². The highest BCUT2D eigenvalue weighted by molar-refractivity contribution is 7.89. The van der Waals surface area contributed by atoms with Crippen LogP contribution in [0.15, 0.2) is 22.8 Å². The summed E-state index contributed by atoms with van der Waals surface area (Å²) < 4.78 is 30.2. The quantitative estimate of drug-likeness (QED) is 0.782. The minimum atomic E-state index is -3.32. The summed E-state index contributed by atoms with van der Waals surface area (Å²) in [6.07, 6.45) is 0.484. The zero-order chi connectivity index (χ0) is 12.2. The summed E-state index contributed by atoms with van der Waals surface area (Å²) in [4.78, 5) is 0. The molecule has 16 heavy (non-hydrogen) atoms. The molecule has 0 saturated carbocycles. The molecule has 1 aromatic rings. The lowest BCUT2D eigenvalue weighted by atomic mass is 10.3. The van der Waals surface area contributed by atoms with Crippen LogP contribution in [-0.2, 0) is 10.0 Å². The van der Waals surface area contributed by atoms with Crippen molar-refractivity contribution in [2.24, 2.45) is 5.92 Å². The van der Waals surface area contributed by atoms with Crippen LogP contribution in [0.3, 0.4) is 0 Å². The monoisotopic (exact) mass is 247 g/mol. The van der Waals surface area contributed by atoms with Crippen molar-refractivity contribution in [3.63, 3.8) is 0 Å². The van der Waals surface area contributed by atoms with Crippen LogP contribution in [0.2, 0.25) is 0 Å². The van der Waals surface area contributed by atoms with E-state index in [1.165, 1.54) is 6.26 Å². The molecule has 5 nitrogen and oxygen atoms in total. The molecule has 0 spiro atoms. The predicted octanol–water partition coefficient (Wildman–Crippen LogP) is 0.888. The van der Waals surface area contributed by atoms with Gasteiger partial charge >= 0.3 is 0 Å². The molecule has 6 heteroatoms. The van der Waals surface area contributed by atoms with Crippen LogP contribution in [0.5, 0.6) is 0 Å². The van der Waals surface area contributed by atoms with E-state index in [0.29, 0.717) is 5.76 Å². The molecule has 1 aromatic heterocycles. The van der Waals surface area contributed by atoms with Gasteiger partial charge in [0, 0.05) is 6.54 Å². The molecule has 0 bridgehead atoms. The number of hydrogen-bond donors (Lipinski definition) is 2. The Kier molecular flexibility index (Phi) is 4.52. The standard InChI is InChI=1S/C10H17NO4S/c1-8(2)7-16(13,14)11-6-9(12)10-4-3-5-15-10/h3-5,8-9,11-12H,6-7H2,1-2H3. The topological polar surface area (TPSA) is 79.5 Å². The molecule has 0 radical (unpaired) electrons. The van der Waals surface area contributed by atoms with E-state index in [1.54, 1.807) is 12.1 Å². The molecule has 1 atom stereocenters. The van der Waals surface area contributed by atoms with Gasteiger partial charge in [0.2, 0.25) is 10.0 Å². The van der Waals surface area contributed by atoms with Crippen LogP contribution in [0.25, 0.3) is 0 Å². The van der Waals surface area contributed by atoms with Gasteiger partial charge in [0.25, 0.3) is 0 Å². The van der Waals surface area contributed by atoms with Crippen molar-refractivity contribution in [1.82, 2.24) is 4.72 Å². The Labute approximate surface area is 95.5 Å². The Balaban J connectivity index is 2.46. The van der Waals surface area contributed by atoms with Crippen molar-refractivity contribution in [2.75, 3.05) is 12.3 Å². The van der Waals surface area contributed by atoms with Crippen LogP contribution >= 0.6 is 0 Å². The second kappa shape index (κ2) is 5.47. The minimum Gasteiger partial charge on any atom is -0.467 e. The average Bonchev–Trinajstić information content (AvgIpc) is 2.64. The third-order valence-corrected chi connectivity index (χ3v) is 3.63. The number of rotatable bonds is 6. The minimum absolute atomic E-state index is 0.0534. The summed E-state index contributed by atoms with van der Waals surface area (Å²) in [6, 6.07) is 3.24. The normalized spacial score (nSPS) is 14.2. The SMILES string of the molecule is CC(C)CS(=O)(=O)NCC(O)c1ccco1. The summed E-state index contributed by atoms with van der Waals surface area (Å²) in [7, 11) is -3.32. The third kappa shape index (κ3) is 4.34. The average molecular weight is 247 g/mol. The van der Waals surface area contributed by atoms with Crippen LogP contribution in [0, 0.1) is 5.92 Å². The molecule has 1 heterocycles. The van der Waals surface area contributed by atoms with Gasteiger partial charge in [-0.25, -0.2) is 13.1 Å². The molecule has 0 aliphatic heterocycles. The summed E-state index contributed by atoms with van der Waals surface area (Å²) >= 11 is 0. The van der Waals surface area contributed by atoms with E-state index >= 15 is 0 Å². The zero-order valence-electron chi connectivity index (χ0n) is 9.38. The Hall–Kier alpha value is -0.850. The second-order valence-corrected chi connectivity index (χ2v) is 5.91. The highest BCUT2D eigenvalue weighted by atomic mass is 32.2. The Bertz CT molecular complexity index is 396. The maximum atomic E-state index is 11.5. The predicted molar refractivity (Wildman–Crippen MR) is 60.3 cm³/mol. The molecule has 0 aliphatic rings. The maximum absolute atomic E-state index is 11.5. The van der Waals surface area contributed by atoms with Gasteiger partial charge in [-0.3, -0.25) is 0 Å². The number of nitrogens with one attached hydrogen (secondary N) is 1. The van der Waals surface area contributed by atoms with Gasteiger partial charge in [0.05, 0.1) is 12.0 Å². The molecule has 2 N–H and O–H groups in total. The van der Waals surface area contributed by atoms with Crippen LogP contribution in [0.4, 0.5) is 0 Å². The highest BCUT2D eigenvalue weighted by Crippen LogP contribution is 2.12.